The van der Waals surface area contributed by atoms with Crippen molar-refractivity contribution in [2.24, 2.45) is 0 Å². The molecule has 1 N–H and O–H groups in total. The second-order valence-electron chi connectivity index (χ2n) is 19.6. The number of carboxylic acids is 1. The second kappa shape index (κ2) is 23.8. The Morgan fingerprint density at radius 3 is 1.31 bits per heavy atom. The number of aromatic carboxylic acids is 1. The zero-order chi connectivity index (χ0) is 55.2. The summed E-state index contributed by atoms with van der Waals surface area (Å²) in [5.74, 6) is -5.95. The van der Waals surface area contributed by atoms with Crippen molar-refractivity contribution in [3.63, 3.8) is 0 Å². The van der Waals surface area contributed by atoms with Crippen LogP contribution < -0.4 is 9.47 Å². The Morgan fingerprint density at radius 2 is 0.974 bits per heavy atom. The summed E-state index contributed by atoms with van der Waals surface area (Å²) >= 11 is 0. The van der Waals surface area contributed by atoms with Gasteiger partial charge in [0.05, 0.1) is 31.8 Å². The molecule has 2 amide bonds. The van der Waals surface area contributed by atoms with Crippen molar-refractivity contribution in [2.75, 3.05) is 32.8 Å². The molecule has 2 aliphatic heterocycles. The van der Waals surface area contributed by atoms with Crippen LogP contribution in [0.1, 0.15) is 102 Å². The molecule has 6 aromatic rings. The maximum absolute atomic E-state index is 14.0. The molecule has 2 aliphatic rings. The molecule has 4 heterocycles. The molecule has 16 nitrogen and oxygen atoms in total. The van der Waals surface area contributed by atoms with E-state index in [0.29, 0.717) is 54.7 Å². The number of benzene rings is 4. The van der Waals surface area contributed by atoms with Gasteiger partial charge in [-0.1, -0.05) is 43.8 Å². The van der Waals surface area contributed by atoms with Crippen LogP contribution in [0.4, 0.5) is 38.5 Å². The summed E-state index contributed by atoms with van der Waals surface area (Å²) in [5, 5.41) is 9.93. The predicted octanol–water partition coefficient (Wildman–Crippen LogP) is 14.4. The Bertz CT molecular complexity index is 3200. The van der Waals surface area contributed by atoms with Gasteiger partial charge in [0, 0.05) is 49.7 Å². The molecule has 2 fully saturated rings. The molecule has 0 radical (unpaired) electrons. The van der Waals surface area contributed by atoms with Crippen LogP contribution in [0.3, 0.4) is 0 Å². The molecule has 0 unspecified atom stereocenters. The van der Waals surface area contributed by atoms with E-state index in [-0.39, 0.29) is 66.9 Å². The number of carboxylic acid groups (broad SMARTS) is 1. The Balaban J connectivity index is 0.000000247. The highest BCUT2D eigenvalue weighted by atomic mass is 19.1. The number of halogens is 4. The van der Waals surface area contributed by atoms with Gasteiger partial charge in [-0.3, -0.25) is 0 Å². The topological polar surface area (TPSA) is 160 Å². The molecule has 2 saturated heterocycles. The monoisotopic (exact) mass is 1060 g/mol. The van der Waals surface area contributed by atoms with E-state index in [9.17, 15) is 41.8 Å². The zero-order valence-corrected chi connectivity index (χ0v) is 42.7. The van der Waals surface area contributed by atoms with E-state index < -0.39 is 70.1 Å². The zero-order valence-electron chi connectivity index (χ0n) is 42.7. The summed E-state index contributed by atoms with van der Waals surface area (Å²) < 4.78 is 86.0. The second-order valence-corrected chi connectivity index (χ2v) is 19.6. The molecule has 20 heteroatoms. The van der Waals surface area contributed by atoms with Crippen molar-refractivity contribution in [1.82, 2.24) is 18.9 Å². The average molecular weight is 1060 g/mol. The molecular formula is C57H58F4N6O10. The van der Waals surface area contributed by atoms with Crippen LogP contribution in [0.2, 0.25) is 0 Å². The van der Waals surface area contributed by atoms with Crippen LogP contribution >= 0.6 is 0 Å². The van der Waals surface area contributed by atoms with Crippen LogP contribution in [0.5, 0.6) is 23.0 Å². The first-order valence-corrected chi connectivity index (χ1v) is 24.1. The SMILES string of the molecule is C.[C-]#[N+]c1c(-c2ccc(Oc3c(F)cccc3F)cc2)cn([C@@H]2CCN(C(=O)OC(C)(C)C)C2)c1C(=O)O.[C-]#[N+]c1c(-c2ccc(Oc3c(F)cccc3F)cc2)cn([C@@H]2CCN(C(=O)OC(C)(C)C)C2)c1C(=O)OCC. The number of para-hydroxylation sites is 2. The van der Waals surface area contributed by atoms with Crippen molar-refractivity contribution in [1.29, 1.82) is 0 Å². The van der Waals surface area contributed by atoms with Gasteiger partial charge in [-0.2, -0.15) is 0 Å². The standard InChI is InChI=1S/C29H29F2N3O5.C27H25F2N3O5.CH4/c1-6-37-27(35)25-24(32-5)21(17-34(25)19-14-15-33(16-19)28(36)39-29(2,3)4)18-10-12-20(13-11-18)38-26-22(30)8-7-9-23(26)31;1-27(2,3)37-26(35)31-13-12-17(14-31)32-15-19(22(30-4)23(32)25(33)34)16-8-10-18(11-9-16)36-24-20(28)6-5-7-21(24)29;/h7-13,17,19H,6,14-16H2,1-4H3;5-11,15,17H,12-14H2,1-3H3,(H,33,34);1H4/t19-;17-;/m11./s1. The average Bonchev–Trinajstić information content (AvgIpc) is 4.19. The Morgan fingerprint density at radius 1 is 0.610 bits per heavy atom. The predicted molar refractivity (Wildman–Crippen MR) is 278 cm³/mol. The Labute approximate surface area is 443 Å². The van der Waals surface area contributed by atoms with Crippen molar-refractivity contribution in [2.45, 2.75) is 92.0 Å². The highest BCUT2D eigenvalue weighted by Crippen LogP contribution is 2.42. The number of ether oxygens (including phenoxy) is 5. The van der Waals surface area contributed by atoms with E-state index in [0.717, 1.165) is 24.3 Å². The number of hydrogen-bond acceptors (Lipinski definition) is 9. The Kier molecular flexibility index (Phi) is 17.8. The number of amides is 2. The smallest absolute Gasteiger partial charge is 0.410 e. The third kappa shape index (κ3) is 13.4. The summed E-state index contributed by atoms with van der Waals surface area (Å²) in [6, 6.07) is 18.6. The summed E-state index contributed by atoms with van der Waals surface area (Å²) in [5.41, 5.74) is 0.671. The van der Waals surface area contributed by atoms with Gasteiger partial charge in [-0.05, 0) is 121 Å². The van der Waals surface area contributed by atoms with Gasteiger partial charge in [0.1, 0.15) is 34.1 Å². The summed E-state index contributed by atoms with van der Waals surface area (Å²) in [6.07, 6.45) is 3.42. The van der Waals surface area contributed by atoms with Gasteiger partial charge >= 0.3 is 24.1 Å². The van der Waals surface area contributed by atoms with Gasteiger partial charge in [-0.25, -0.2) is 46.4 Å². The summed E-state index contributed by atoms with van der Waals surface area (Å²) in [6.45, 7) is 29.3. The van der Waals surface area contributed by atoms with Gasteiger partial charge in [-0.15, -0.1) is 0 Å². The molecule has 77 heavy (non-hydrogen) atoms. The molecular weight excluding hydrogens is 1000 g/mol. The first-order valence-electron chi connectivity index (χ1n) is 24.1. The number of aromatic nitrogens is 2. The molecule has 0 spiro atoms. The molecule has 4 aromatic carbocycles. The Hall–Kier alpha value is -8.78. The number of carbonyl (C=O) groups is 4. The van der Waals surface area contributed by atoms with E-state index in [1.807, 2.05) is 0 Å². The fourth-order valence-corrected chi connectivity index (χ4v) is 8.59. The first kappa shape index (κ1) is 57.5. The lowest BCUT2D eigenvalue weighted by atomic mass is 10.1. The maximum atomic E-state index is 14.0. The molecule has 2 atom stereocenters. The van der Waals surface area contributed by atoms with Gasteiger partial charge in [0.25, 0.3) is 0 Å². The minimum atomic E-state index is -1.26. The van der Waals surface area contributed by atoms with Gasteiger partial charge in [0.2, 0.25) is 11.4 Å². The molecule has 0 bridgehead atoms. The highest BCUT2D eigenvalue weighted by molar-refractivity contribution is 6.00. The summed E-state index contributed by atoms with van der Waals surface area (Å²) in [7, 11) is 0. The molecule has 404 valence electrons. The number of rotatable bonds is 11. The fraction of sp³-hybridized carbons (Fsp3) is 0.333. The van der Waals surface area contributed by atoms with Gasteiger partial charge in [0.15, 0.2) is 34.8 Å². The minimum Gasteiger partial charge on any atom is -0.478 e. The number of likely N-dealkylation sites (tertiary alicyclic amines) is 2. The lowest BCUT2D eigenvalue weighted by Gasteiger charge is -2.24. The van der Waals surface area contributed by atoms with Crippen molar-refractivity contribution in [3.05, 3.63) is 155 Å². The van der Waals surface area contributed by atoms with E-state index in [1.165, 1.54) is 45.9 Å². The third-order valence-electron chi connectivity index (χ3n) is 11.9. The molecule has 8 rings (SSSR count). The van der Waals surface area contributed by atoms with Gasteiger partial charge < -0.3 is 47.7 Å². The molecule has 0 saturated carbocycles. The third-order valence-corrected chi connectivity index (χ3v) is 11.9. The normalized spacial score (nSPS) is 15.0. The van der Waals surface area contributed by atoms with Crippen LogP contribution in [-0.2, 0) is 14.2 Å². The number of carbonyl (C=O) groups excluding carboxylic acids is 3. The van der Waals surface area contributed by atoms with Crippen LogP contribution in [0.25, 0.3) is 31.9 Å². The van der Waals surface area contributed by atoms with E-state index in [1.54, 1.807) is 94.6 Å². The lowest BCUT2D eigenvalue weighted by molar-refractivity contribution is 0.0278. The maximum Gasteiger partial charge on any atom is 0.410 e. The largest absolute Gasteiger partial charge is 0.478 e. The first-order chi connectivity index (χ1) is 36.0. The minimum absolute atomic E-state index is 0. The lowest BCUT2D eigenvalue weighted by Crippen LogP contribution is -2.35. The van der Waals surface area contributed by atoms with Crippen molar-refractivity contribution >= 4 is 35.5 Å². The number of esters is 1. The summed E-state index contributed by atoms with van der Waals surface area (Å²) in [4.78, 5) is 60.5. The number of nitrogens with zero attached hydrogens (tertiary/aromatic N) is 6. The van der Waals surface area contributed by atoms with E-state index in [4.69, 9.17) is 36.8 Å². The highest BCUT2D eigenvalue weighted by Gasteiger charge is 2.36. The fourth-order valence-electron chi connectivity index (χ4n) is 8.59. The number of hydrogen-bond donors (Lipinski definition) is 1. The van der Waals surface area contributed by atoms with Crippen molar-refractivity contribution in [3.8, 4) is 45.3 Å². The quantitative estimate of drug-likeness (QED) is 0.0572. The van der Waals surface area contributed by atoms with E-state index in [2.05, 4.69) is 9.69 Å². The molecule has 0 aliphatic carbocycles. The van der Waals surface area contributed by atoms with Crippen LogP contribution in [0.15, 0.2) is 97.3 Å². The molecule has 2 aromatic heterocycles. The van der Waals surface area contributed by atoms with E-state index >= 15 is 0 Å². The van der Waals surface area contributed by atoms with Crippen LogP contribution in [0, 0.1) is 36.4 Å². The van der Waals surface area contributed by atoms with Crippen LogP contribution in [-0.4, -0.2) is 92.2 Å². The van der Waals surface area contributed by atoms with Crippen molar-refractivity contribution < 1.29 is 65.5 Å².